The van der Waals surface area contributed by atoms with E-state index < -0.39 is 5.41 Å². The van der Waals surface area contributed by atoms with Gasteiger partial charge in [0.05, 0.1) is 5.41 Å². The monoisotopic (exact) mass is 753 g/mol. The van der Waals surface area contributed by atoms with Gasteiger partial charge in [0.15, 0.2) is 0 Å². The topological polar surface area (TPSA) is 16.4 Å². The lowest BCUT2D eigenvalue weighted by Gasteiger charge is -2.32. The summed E-state index contributed by atoms with van der Waals surface area (Å²) in [7, 11) is 0. The second-order valence-corrected chi connectivity index (χ2v) is 16.1. The molecule has 0 saturated heterocycles. The predicted octanol–water partition coefficient (Wildman–Crippen LogP) is 15.4. The number of para-hydroxylation sites is 1. The number of hydrogen-bond donors (Lipinski definition) is 0. The quantitative estimate of drug-likeness (QED) is 0.174. The van der Waals surface area contributed by atoms with Gasteiger partial charge in [0.1, 0.15) is 11.2 Å². The van der Waals surface area contributed by atoms with Crippen LogP contribution in [0.15, 0.2) is 205 Å². The first kappa shape index (κ1) is 33.7. The van der Waals surface area contributed by atoms with Crippen LogP contribution >= 0.6 is 0 Å². The second kappa shape index (κ2) is 12.8. The average molecular weight is 754 g/mol. The van der Waals surface area contributed by atoms with Crippen molar-refractivity contribution in [1.82, 2.24) is 0 Å². The van der Waals surface area contributed by atoms with Crippen molar-refractivity contribution in [2.45, 2.75) is 19.3 Å². The Morgan fingerprint density at radius 2 is 0.949 bits per heavy atom. The fraction of sp³-hybridized carbons (Fsp3) is 0.0526. The first-order valence-corrected chi connectivity index (χ1v) is 20.5. The lowest BCUT2D eigenvalue weighted by atomic mass is 9.70. The molecule has 12 rings (SSSR count). The minimum absolute atomic E-state index is 0.520. The summed E-state index contributed by atoms with van der Waals surface area (Å²) in [5.41, 5.74) is 22.4. The summed E-state index contributed by atoms with van der Waals surface area (Å²) >= 11 is 0. The van der Waals surface area contributed by atoms with Crippen LogP contribution in [0.4, 0.5) is 17.1 Å². The smallest absolute Gasteiger partial charge is 0.136 e. The van der Waals surface area contributed by atoms with Gasteiger partial charge < -0.3 is 9.32 Å². The molecule has 0 aliphatic heterocycles. The Hall–Kier alpha value is -7.42. The normalized spacial score (nSPS) is 14.7. The molecular formula is C57H39NO. The molecule has 0 N–H and O–H groups in total. The maximum Gasteiger partial charge on any atom is 0.136 e. The minimum atomic E-state index is -0.520. The molecule has 2 aliphatic carbocycles. The van der Waals surface area contributed by atoms with Gasteiger partial charge in [-0.1, -0.05) is 152 Å². The lowest BCUT2D eigenvalue weighted by molar-refractivity contribution is 0.668. The Morgan fingerprint density at radius 3 is 1.73 bits per heavy atom. The zero-order valence-electron chi connectivity index (χ0n) is 32.9. The Morgan fingerprint density at radius 1 is 0.373 bits per heavy atom. The van der Waals surface area contributed by atoms with E-state index in [9.17, 15) is 0 Å². The molecular weight excluding hydrogens is 715 g/mol. The van der Waals surface area contributed by atoms with Crippen molar-refractivity contribution < 1.29 is 4.42 Å². The van der Waals surface area contributed by atoms with E-state index in [4.69, 9.17) is 4.42 Å². The van der Waals surface area contributed by atoms with Crippen molar-refractivity contribution in [2.24, 2.45) is 0 Å². The van der Waals surface area contributed by atoms with Crippen molar-refractivity contribution >= 4 is 39.0 Å². The zero-order valence-corrected chi connectivity index (χ0v) is 32.9. The van der Waals surface area contributed by atoms with Crippen LogP contribution in [-0.4, -0.2) is 0 Å². The molecule has 0 amide bonds. The fourth-order valence-corrected chi connectivity index (χ4v) is 10.4. The molecule has 0 saturated carbocycles. The molecule has 9 aromatic carbocycles. The van der Waals surface area contributed by atoms with Crippen LogP contribution in [0.3, 0.4) is 0 Å². The highest BCUT2D eigenvalue weighted by molar-refractivity contribution is 6.16. The fourth-order valence-electron chi connectivity index (χ4n) is 10.4. The third-order valence-corrected chi connectivity index (χ3v) is 13.0. The molecule has 1 unspecified atom stereocenters. The van der Waals surface area contributed by atoms with Crippen LogP contribution in [0.25, 0.3) is 66.4 Å². The van der Waals surface area contributed by atoms with Gasteiger partial charge in [-0.05, 0) is 140 Å². The van der Waals surface area contributed by atoms with E-state index in [0.29, 0.717) is 0 Å². The van der Waals surface area contributed by atoms with Crippen molar-refractivity contribution in [1.29, 1.82) is 0 Å². The summed E-state index contributed by atoms with van der Waals surface area (Å²) in [5.74, 6) is 0. The van der Waals surface area contributed by atoms with Crippen molar-refractivity contribution in [3.05, 3.63) is 234 Å². The molecule has 59 heavy (non-hydrogen) atoms. The summed E-state index contributed by atoms with van der Waals surface area (Å²) in [4.78, 5) is 2.44. The summed E-state index contributed by atoms with van der Waals surface area (Å²) in [5, 5.41) is 2.34. The molecule has 2 heteroatoms. The molecule has 1 atom stereocenters. The maximum absolute atomic E-state index is 6.51. The molecule has 0 bridgehead atoms. The van der Waals surface area contributed by atoms with Gasteiger partial charge in [-0.2, -0.15) is 0 Å². The molecule has 2 aliphatic rings. The van der Waals surface area contributed by atoms with Crippen LogP contribution in [-0.2, 0) is 5.41 Å². The number of hydrogen-bond acceptors (Lipinski definition) is 2. The number of nitrogens with zero attached hydrogens (tertiary/aromatic N) is 1. The average Bonchev–Trinajstić information content (AvgIpc) is 3.91. The van der Waals surface area contributed by atoms with Gasteiger partial charge in [-0.15, -0.1) is 0 Å². The predicted molar refractivity (Wildman–Crippen MR) is 245 cm³/mol. The number of fused-ring (bicyclic) bond motifs is 14. The van der Waals surface area contributed by atoms with E-state index in [0.717, 1.165) is 33.6 Å². The van der Waals surface area contributed by atoms with Gasteiger partial charge in [0, 0.05) is 27.8 Å². The van der Waals surface area contributed by atoms with Crippen LogP contribution in [0, 0.1) is 13.8 Å². The van der Waals surface area contributed by atoms with E-state index in [1.165, 1.54) is 83.3 Å². The van der Waals surface area contributed by atoms with Crippen LogP contribution < -0.4 is 4.90 Å². The molecule has 0 radical (unpaired) electrons. The number of benzene rings is 9. The Balaban J connectivity index is 1.11. The van der Waals surface area contributed by atoms with E-state index in [1.54, 1.807) is 0 Å². The van der Waals surface area contributed by atoms with E-state index in [2.05, 4.69) is 219 Å². The van der Waals surface area contributed by atoms with Crippen molar-refractivity contribution in [3.8, 4) is 44.5 Å². The maximum atomic E-state index is 6.51. The summed E-state index contributed by atoms with van der Waals surface area (Å²) in [6, 6.07) is 73.6. The van der Waals surface area contributed by atoms with Crippen LogP contribution in [0.2, 0.25) is 0 Å². The molecule has 1 aromatic heterocycles. The Bertz CT molecular complexity index is 3300. The van der Waals surface area contributed by atoms with Gasteiger partial charge in [-0.3, -0.25) is 0 Å². The number of rotatable bonds is 5. The third kappa shape index (κ3) is 4.81. The third-order valence-electron chi connectivity index (χ3n) is 13.0. The van der Waals surface area contributed by atoms with Gasteiger partial charge >= 0.3 is 0 Å². The Kier molecular flexibility index (Phi) is 7.31. The molecule has 1 spiro atoms. The van der Waals surface area contributed by atoms with Gasteiger partial charge in [-0.25, -0.2) is 0 Å². The zero-order chi connectivity index (χ0) is 39.2. The number of anilines is 3. The Labute approximate surface area is 344 Å². The van der Waals surface area contributed by atoms with Crippen molar-refractivity contribution in [2.75, 3.05) is 4.90 Å². The minimum Gasteiger partial charge on any atom is -0.456 e. The second-order valence-electron chi connectivity index (χ2n) is 16.1. The van der Waals surface area contributed by atoms with Crippen LogP contribution in [0.5, 0.6) is 0 Å². The molecule has 0 fully saturated rings. The summed E-state index contributed by atoms with van der Waals surface area (Å²) in [6.07, 6.45) is 0. The highest BCUT2D eigenvalue weighted by Crippen LogP contribution is 2.64. The number of aryl methyl sites for hydroxylation is 2. The number of furan rings is 1. The first-order chi connectivity index (χ1) is 29.1. The largest absolute Gasteiger partial charge is 0.456 e. The summed E-state index contributed by atoms with van der Waals surface area (Å²) < 4.78 is 6.51. The molecule has 1 heterocycles. The standard InChI is InChI=1S/C57H39NO/c1-36-14-6-7-17-43(36)44-30-28-41(34-37(44)2)58(40-26-24-39(25-27-40)38-15-4-3-5-16-38)42-29-31-46-45-18-8-11-21-49(45)57(52(46)35-42)50-22-12-9-19-47(50)55-51(57)32-33-54-56(55)48-20-10-13-23-53(48)59-54/h3-35H,1-2H3. The lowest BCUT2D eigenvalue weighted by Crippen LogP contribution is -2.26. The van der Waals surface area contributed by atoms with Crippen molar-refractivity contribution in [3.63, 3.8) is 0 Å². The molecule has 278 valence electrons. The van der Waals surface area contributed by atoms with Crippen LogP contribution in [0.1, 0.15) is 33.4 Å². The summed E-state index contributed by atoms with van der Waals surface area (Å²) in [6.45, 7) is 4.43. The van der Waals surface area contributed by atoms with E-state index in [-0.39, 0.29) is 0 Å². The molecule has 2 nitrogen and oxygen atoms in total. The van der Waals surface area contributed by atoms with Gasteiger partial charge in [0.2, 0.25) is 0 Å². The first-order valence-electron chi connectivity index (χ1n) is 20.5. The van der Waals surface area contributed by atoms with Gasteiger partial charge in [0.25, 0.3) is 0 Å². The highest BCUT2D eigenvalue weighted by atomic mass is 16.3. The van der Waals surface area contributed by atoms with E-state index in [1.807, 2.05) is 0 Å². The highest BCUT2D eigenvalue weighted by Gasteiger charge is 2.52. The van der Waals surface area contributed by atoms with E-state index >= 15 is 0 Å². The molecule has 10 aromatic rings. The SMILES string of the molecule is Cc1ccccc1-c1ccc(N(c2ccc(-c3ccccc3)cc2)c2ccc3c(c2)C2(c4ccccc4-3)c3ccccc3-c3c2ccc2oc4ccccc4c32)cc1C.